The van der Waals surface area contributed by atoms with E-state index in [-0.39, 0.29) is 52.7 Å². The Hall–Kier alpha value is 2.76. The maximum absolute atomic E-state index is 4.68. The van der Waals surface area contributed by atoms with Crippen LogP contribution in [0.4, 0.5) is 0 Å². The van der Waals surface area contributed by atoms with E-state index in [2.05, 4.69) is 21.4 Å². The van der Waals surface area contributed by atoms with Gasteiger partial charge in [0.25, 0.3) is 0 Å². The van der Waals surface area contributed by atoms with E-state index in [9.17, 15) is 0 Å². The second kappa shape index (κ2) is 25.1. The number of halogens is 2. The first-order valence-corrected chi connectivity index (χ1v) is 2.78. The Morgan fingerprint density at radius 2 is 1.17 bits per heavy atom. The molecule has 0 aromatic heterocycles. The van der Waals surface area contributed by atoms with E-state index >= 15 is 0 Å². The average Bonchev–Trinajstić information content (AvgIpc) is 0.918. The third-order valence-corrected chi connectivity index (χ3v) is 0. The smallest absolute Gasteiger partial charge is 0.0261 e. The summed E-state index contributed by atoms with van der Waals surface area (Å²) >= 11 is 0. The molecule has 0 aromatic carbocycles. The zero-order valence-electron chi connectivity index (χ0n) is 3.11. The van der Waals surface area contributed by atoms with Gasteiger partial charge >= 0.3 is 0 Å². The molecule has 0 spiro atoms. The van der Waals surface area contributed by atoms with Crippen molar-refractivity contribution in [2.24, 2.45) is 0 Å². The van der Waals surface area contributed by atoms with Crippen molar-refractivity contribution in [1.29, 1.82) is 0 Å². The molecule has 30 valence electrons. The number of rotatable bonds is 0. The van der Waals surface area contributed by atoms with Gasteiger partial charge in [-0.3, -0.25) is 0 Å². The summed E-state index contributed by atoms with van der Waals surface area (Å²) in [5.41, 5.74) is 0. The van der Waals surface area contributed by atoms with E-state index in [4.69, 9.17) is 0 Å². The second-order valence-corrected chi connectivity index (χ2v) is 1.57. The largest absolute Gasteiger partial charge is 0.0523 e. The Bertz CT molecular complexity index is 13.5. The Balaban J connectivity index is -0.00000000667. The van der Waals surface area contributed by atoms with Crippen molar-refractivity contribution in [2.75, 3.05) is 0 Å². The van der Waals surface area contributed by atoms with Crippen molar-refractivity contribution in [3.8, 4) is 0 Å². The van der Waals surface area contributed by atoms with Crippen molar-refractivity contribution in [1.82, 2.24) is 0 Å². The molecule has 0 nitrogen and oxygen atoms in total. The summed E-state index contributed by atoms with van der Waals surface area (Å²) in [4.78, 5) is 0. The normalized spacial score (nSPS) is 3.00. The Morgan fingerprint density at radius 3 is 1.17 bits per heavy atom. The van der Waals surface area contributed by atoms with Crippen LogP contribution >= 0.6 is 41.5 Å². The molecule has 0 atom stereocenters. The molecule has 0 saturated carbocycles. The summed E-state index contributed by atoms with van der Waals surface area (Å²) in [7, 11) is 10.1. The van der Waals surface area contributed by atoms with Gasteiger partial charge in [-0.15, -0.1) is 0 Å². The van der Waals surface area contributed by atoms with Crippen molar-refractivity contribution in [3.05, 3.63) is 0 Å². The van der Waals surface area contributed by atoms with Gasteiger partial charge in [-0.25, -0.2) is 0 Å². The van der Waals surface area contributed by atoms with Crippen LogP contribution in [0.15, 0.2) is 0 Å². The predicted molar refractivity (Wildman–Crippen MR) is 37.7 cm³/mol. The maximum atomic E-state index is 4.68. The third kappa shape index (κ3) is 29.5. The first-order valence-electron chi connectivity index (χ1n) is 0.309. The molecule has 0 aromatic rings. The maximum Gasteiger partial charge on any atom is 0.0523 e. The van der Waals surface area contributed by atoms with Gasteiger partial charge in [0.15, 0.2) is 0 Å². The predicted octanol–water partition coefficient (Wildman–Crippen LogP) is 2.13. The van der Waals surface area contributed by atoms with Gasteiger partial charge in [-0.05, 0) is 21.4 Å². The van der Waals surface area contributed by atoms with Crippen molar-refractivity contribution >= 4 is 84.2 Å². The van der Waals surface area contributed by atoms with E-state index in [1.807, 2.05) is 0 Å². The quantitative estimate of drug-likeness (QED) is 0.474. The molecular formula is Cl2LiPSSn. The third-order valence-electron chi connectivity index (χ3n) is 0. The topological polar surface area (TPSA) is 0 Å². The first kappa shape index (κ1) is 23.3. The minimum Gasteiger partial charge on any atom is -0.0261 e. The summed E-state index contributed by atoms with van der Waals surface area (Å²) in [6.45, 7) is 0. The standard InChI is InChI=1S/Cl2S.Li.P.Sn/c1-3-2;;;. The van der Waals surface area contributed by atoms with Gasteiger partial charge in [0.2, 0.25) is 0 Å². The minimum atomic E-state index is 0. The van der Waals surface area contributed by atoms with Crippen LogP contribution in [0.5, 0.6) is 0 Å². The summed E-state index contributed by atoms with van der Waals surface area (Å²) in [5.74, 6) is 0. The summed E-state index contributed by atoms with van der Waals surface area (Å²) in [6, 6.07) is 0. The van der Waals surface area contributed by atoms with E-state index in [1.165, 1.54) is 0 Å². The number of hydrogen-bond donors (Lipinski definition) is 0. The zero-order chi connectivity index (χ0) is 2.71. The first-order chi connectivity index (χ1) is 1.41. The van der Waals surface area contributed by atoms with Crippen LogP contribution in [0.2, 0.25) is 0 Å². The van der Waals surface area contributed by atoms with Crippen molar-refractivity contribution in [3.63, 3.8) is 0 Å². The molecule has 8 radical (unpaired) electrons. The molecule has 6 heteroatoms. The summed E-state index contributed by atoms with van der Waals surface area (Å²) in [5, 5.41) is 0. The monoisotopic (exact) mass is 260 g/mol. The molecule has 0 bridgehead atoms. The van der Waals surface area contributed by atoms with Gasteiger partial charge in [-0.2, -0.15) is 0 Å². The van der Waals surface area contributed by atoms with Crippen molar-refractivity contribution < 1.29 is 0 Å². The molecule has 0 N–H and O–H groups in total. The van der Waals surface area contributed by atoms with Gasteiger partial charge in [-0.1, -0.05) is 0 Å². The van der Waals surface area contributed by atoms with Crippen molar-refractivity contribution in [2.45, 2.75) is 0 Å². The van der Waals surface area contributed by atoms with Gasteiger partial charge in [0.1, 0.15) is 0 Å². The molecule has 0 rings (SSSR count). The second-order valence-electron chi connectivity index (χ2n) is 0.0583. The van der Waals surface area contributed by atoms with Crippen LogP contribution in [0.3, 0.4) is 0 Å². The van der Waals surface area contributed by atoms with Crippen LogP contribution in [0, 0.1) is 0 Å². The molecule has 0 heterocycles. The van der Waals surface area contributed by atoms with E-state index < -0.39 is 0 Å². The van der Waals surface area contributed by atoms with Crippen LogP contribution < -0.4 is 0 Å². The number of hydrogen-bond acceptors (Lipinski definition) is 1. The fraction of sp³-hybridized carbons (Fsp3) is 0. The molecule has 0 fully saturated rings. The average molecular weight is 260 g/mol. The SMILES string of the molecule is ClSCl.[Li].[P].[Sn]. The van der Waals surface area contributed by atoms with E-state index in [0.29, 0.717) is 10.2 Å². The van der Waals surface area contributed by atoms with Crippen LogP contribution in [0.1, 0.15) is 0 Å². The molecule has 0 saturated heterocycles. The fourth-order valence-corrected chi connectivity index (χ4v) is 0. The van der Waals surface area contributed by atoms with Crippen LogP contribution in [0.25, 0.3) is 0 Å². The molecule has 0 aliphatic carbocycles. The van der Waals surface area contributed by atoms with Gasteiger partial charge in [0.05, 0.1) is 10.2 Å². The fourth-order valence-electron chi connectivity index (χ4n) is 0. The van der Waals surface area contributed by atoms with E-state index in [0.717, 1.165) is 0 Å². The minimum absolute atomic E-state index is 0. The summed E-state index contributed by atoms with van der Waals surface area (Å²) < 4.78 is 0. The molecule has 0 aliphatic rings. The Kier molecular flexibility index (Phi) is 97.4. The van der Waals surface area contributed by atoms with Crippen LogP contribution in [-0.2, 0) is 0 Å². The summed E-state index contributed by atoms with van der Waals surface area (Å²) in [6.07, 6.45) is 0. The van der Waals surface area contributed by atoms with Gasteiger partial charge < -0.3 is 0 Å². The van der Waals surface area contributed by atoms with E-state index in [1.54, 1.807) is 0 Å². The van der Waals surface area contributed by atoms with Crippen LogP contribution in [-0.4, -0.2) is 42.8 Å². The molecular weight excluding hydrogens is 260 g/mol. The molecule has 0 aliphatic heterocycles. The Labute approximate surface area is 83.2 Å². The zero-order valence-corrected chi connectivity index (χ0v) is 9.19. The molecule has 0 unspecified atom stereocenters. The molecule has 0 amide bonds. The Morgan fingerprint density at radius 1 is 1.17 bits per heavy atom. The van der Waals surface area contributed by atoms with Gasteiger partial charge in [0, 0.05) is 52.7 Å². The molecule has 6 heavy (non-hydrogen) atoms.